The molecule has 0 aliphatic heterocycles. The standard InChI is InChI=1S/C19H22BrN3O4S/c1-12(17-6-4-5-7-18(17)20)21-19(25)13(2)23-28(26,27)16-10-8-15(9-11-16)22-14(3)24/h4-13,23H,1-3H3,(H,21,25)(H,22,24)/t12?,13-/m0/s1. The maximum atomic E-state index is 12.5. The van der Waals surface area contributed by atoms with Gasteiger partial charge in [0, 0.05) is 17.1 Å². The summed E-state index contributed by atoms with van der Waals surface area (Å²) in [5, 5.41) is 5.36. The molecule has 3 N–H and O–H groups in total. The Kier molecular flexibility index (Phi) is 7.34. The summed E-state index contributed by atoms with van der Waals surface area (Å²) in [4.78, 5) is 23.5. The summed E-state index contributed by atoms with van der Waals surface area (Å²) in [5.41, 5.74) is 1.37. The van der Waals surface area contributed by atoms with Crippen LogP contribution in [0.5, 0.6) is 0 Å². The summed E-state index contributed by atoms with van der Waals surface area (Å²) in [5.74, 6) is -0.695. The predicted octanol–water partition coefficient (Wildman–Crippen LogP) is 2.95. The van der Waals surface area contributed by atoms with Gasteiger partial charge in [0.15, 0.2) is 0 Å². The smallest absolute Gasteiger partial charge is 0.241 e. The van der Waals surface area contributed by atoms with E-state index in [-0.39, 0.29) is 16.8 Å². The molecular formula is C19H22BrN3O4S. The average Bonchev–Trinajstić information content (AvgIpc) is 2.61. The zero-order valence-electron chi connectivity index (χ0n) is 15.7. The summed E-state index contributed by atoms with van der Waals surface area (Å²) < 4.78 is 28.2. The Balaban J connectivity index is 2.03. The summed E-state index contributed by atoms with van der Waals surface area (Å²) in [6.45, 7) is 4.66. The van der Waals surface area contributed by atoms with Gasteiger partial charge in [0.2, 0.25) is 21.8 Å². The van der Waals surface area contributed by atoms with Crippen LogP contribution in [0.25, 0.3) is 0 Å². The largest absolute Gasteiger partial charge is 0.348 e. The molecule has 0 aliphatic carbocycles. The monoisotopic (exact) mass is 467 g/mol. The van der Waals surface area contributed by atoms with Gasteiger partial charge in [-0.25, -0.2) is 8.42 Å². The molecule has 2 atom stereocenters. The number of halogens is 1. The Morgan fingerprint density at radius 3 is 2.18 bits per heavy atom. The second-order valence-corrected chi connectivity index (χ2v) is 8.87. The normalized spacial score (nSPS) is 13.4. The first-order valence-corrected chi connectivity index (χ1v) is 10.8. The minimum atomic E-state index is -3.89. The number of carbonyl (C=O) groups is 2. The number of hydrogen-bond donors (Lipinski definition) is 3. The fourth-order valence-corrected chi connectivity index (χ4v) is 4.35. The molecule has 0 spiro atoms. The summed E-state index contributed by atoms with van der Waals surface area (Å²) >= 11 is 3.43. The van der Waals surface area contributed by atoms with Crippen molar-refractivity contribution in [2.45, 2.75) is 37.8 Å². The van der Waals surface area contributed by atoms with Crippen molar-refractivity contribution in [3.8, 4) is 0 Å². The number of sulfonamides is 1. The summed E-state index contributed by atoms with van der Waals surface area (Å²) in [6, 6.07) is 11.9. The van der Waals surface area contributed by atoms with Gasteiger partial charge in [-0.3, -0.25) is 9.59 Å². The van der Waals surface area contributed by atoms with Crippen LogP contribution in [0.4, 0.5) is 5.69 Å². The molecule has 0 saturated carbocycles. The number of amides is 2. The topological polar surface area (TPSA) is 104 Å². The molecule has 9 heteroatoms. The molecule has 150 valence electrons. The SMILES string of the molecule is CC(=O)Nc1ccc(S(=O)(=O)N[C@@H](C)C(=O)NC(C)c2ccccc2Br)cc1. The molecule has 2 aromatic carbocycles. The molecule has 0 fully saturated rings. The molecule has 1 unspecified atom stereocenters. The highest BCUT2D eigenvalue weighted by atomic mass is 79.9. The molecule has 28 heavy (non-hydrogen) atoms. The van der Waals surface area contributed by atoms with E-state index in [1.165, 1.54) is 38.1 Å². The van der Waals surface area contributed by atoms with E-state index in [1.807, 2.05) is 31.2 Å². The molecule has 2 amide bonds. The van der Waals surface area contributed by atoms with Gasteiger partial charge in [-0.05, 0) is 49.7 Å². The zero-order valence-corrected chi connectivity index (χ0v) is 18.1. The second kappa shape index (κ2) is 9.31. The van der Waals surface area contributed by atoms with E-state index in [9.17, 15) is 18.0 Å². The maximum absolute atomic E-state index is 12.5. The maximum Gasteiger partial charge on any atom is 0.241 e. The van der Waals surface area contributed by atoms with Gasteiger partial charge >= 0.3 is 0 Å². The van der Waals surface area contributed by atoms with Gasteiger partial charge in [0.1, 0.15) is 0 Å². The van der Waals surface area contributed by atoms with Crippen molar-refractivity contribution in [3.05, 3.63) is 58.6 Å². The third-order valence-electron chi connectivity index (χ3n) is 3.94. The first-order chi connectivity index (χ1) is 13.1. The van der Waals surface area contributed by atoms with Crippen LogP contribution in [-0.2, 0) is 19.6 Å². The number of anilines is 1. The number of benzene rings is 2. The number of carbonyl (C=O) groups excluding carboxylic acids is 2. The minimum absolute atomic E-state index is 0.0000966. The first kappa shape index (κ1) is 22.1. The van der Waals surface area contributed by atoms with Crippen molar-refractivity contribution in [3.63, 3.8) is 0 Å². The van der Waals surface area contributed by atoms with Crippen molar-refractivity contribution in [2.75, 3.05) is 5.32 Å². The molecule has 0 radical (unpaired) electrons. The quantitative estimate of drug-likeness (QED) is 0.581. The fraction of sp³-hybridized carbons (Fsp3) is 0.263. The number of hydrogen-bond acceptors (Lipinski definition) is 4. The molecule has 0 aliphatic rings. The van der Waals surface area contributed by atoms with Gasteiger partial charge in [-0.2, -0.15) is 4.72 Å². The Bertz CT molecular complexity index is 961. The lowest BCUT2D eigenvalue weighted by atomic mass is 10.1. The van der Waals surface area contributed by atoms with Gasteiger partial charge in [-0.15, -0.1) is 0 Å². The van der Waals surface area contributed by atoms with Crippen molar-refractivity contribution in [2.24, 2.45) is 0 Å². The van der Waals surface area contributed by atoms with E-state index in [4.69, 9.17) is 0 Å². The van der Waals surface area contributed by atoms with Gasteiger partial charge in [-0.1, -0.05) is 34.1 Å². The van der Waals surface area contributed by atoms with E-state index in [2.05, 4.69) is 31.3 Å². The molecular weight excluding hydrogens is 446 g/mol. The molecule has 0 saturated heterocycles. The van der Waals surface area contributed by atoms with E-state index >= 15 is 0 Å². The Hall–Kier alpha value is -2.23. The van der Waals surface area contributed by atoms with Crippen LogP contribution in [0.2, 0.25) is 0 Å². The minimum Gasteiger partial charge on any atom is -0.348 e. The molecule has 2 rings (SSSR count). The van der Waals surface area contributed by atoms with Crippen LogP contribution < -0.4 is 15.4 Å². The lowest BCUT2D eigenvalue weighted by Gasteiger charge is -2.20. The molecule has 0 aromatic heterocycles. The lowest BCUT2D eigenvalue weighted by Crippen LogP contribution is -2.45. The van der Waals surface area contributed by atoms with Crippen molar-refractivity contribution >= 4 is 43.5 Å². The van der Waals surface area contributed by atoms with E-state index in [1.54, 1.807) is 0 Å². The molecule has 7 nitrogen and oxygen atoms in total. The van der Waals surface area contributed by atoms with Crippen molar-refractivity contribution in [1.29, 1.82) is 0 Å². The van der Waals surface area contributed by atoms with Gasteiger partial charge in [0.25, 0.3) is 0 Å². The van der Waals surface area contributed by atoms with Crippen LogP contribution in [0.1, 0.15) is 32.4 Å². The lowest BCUT2D eigenvalue weighted by molar-refractivity contribution is -0.123. The predicted molar refractivity (Wildman–Crippen MR) is 111 cm³/mol. The highest BCUT2D eigenvalue weighted by molar-refractivity contribution is 9.10. The zero-order chi connectivity index (χ0) is 20.9. The Labute approximate surface area is 173 Å². The fourth-order valence-electron chi connectivity index (χ4n) is 2.52. The van der Waals surface area contributed by atoms with Crippen LogP contribution in [-0.4, -0.2) is 26.3 Å². The summed E-state index contributed by atoms with van der Waals surface area (Å²) in [7, 11) is -3.89. The van der Waals surface area contributed by atoms with Crippen LogP contribution in [0.15, 0.2) is 57.9 Å². The second-order valence-electron chi connectivity index (χ2n) is 6.30. The highest BCUT2D eigenvalue weighted by Gasteiger charge is 2.23. The van der Waals surface area contributed by atoms with E-state index in [0.29, 0.717) is 5.69 Å². The number of nitrogens with one attached hydrogen (secondary N) is 3. The average molecular weight is 468 g/mol. The molecule has 0 heterocycles. The highest BCUT2D eigenvalue weighted by Crippen LogP contribution is 2.22. The first-order valence-electron chi connectivity index (χ1n) is 8.55. The number of rotatable bonds is 7. The van der Waals surface area contributed by atoms with Gasteiger partial charge < -0.3 is 10.6 Å². The third-order valence-corrected chi connectivity index (χ3v) is 6.22. The van der Waals surface area contributed by atoms with Crippen LogP contribution >= 0.6 is 15.9 Å². The van der Waals surface area contributed by atoms with Gasteiger partial charge in [0.05, 0.1) is 17.0 Å². The Morgan fingerprint density at radius 2 is 1.61 bits per heavy atom. The summed E-state index contributed by atoms with van der Waals surface area (Å²) in [6.07, 6.45) is 0. The van der Waals surface area contributed by atoms with Crippen LogP contribution in [0.3, 0.4) is 0 Å². The molecule has 0 bridgehead atoms. The van der Waals surface area contributed by atoms with E-state index < -0.39 is 22.0 Å². The third kappa shape index (κ3) is 5.88. The van der Waals surface area contributed by atoms with Crippen molar-refractivity contribution in [1.82, 2.24) is 10.0 Å². The van der Waals surface area contributed by atoms with E-state index in [0.717, 1.165) is 10.0 Å². The molecule has 2 aromatic rings. The Morgan fingerprint density at radius 1 is 1.00 bits per heavy atom. The van der Waals surface area contributed by atoms with Crippen LogP contribution in [0, 0.1) is 0 Å². The van der Waals surface area contributed by atoms with Crippen molar-refractivity contribution < 1.29 is 18.0 Å².